The number of carbonyl (C=O) groups excluding carboxylic acids is 1. The maximum absolute atomic E-state index is 13.3. The minimum absolute atomic E-state index is 0.131. The van der Waals surface area contributed by atoms with Crippen molar-refractivity contribution >= 4 is 17.7 Å². The molecule has 4 rings (SSSR count). The minimum Gasteiger partial charge on any atom is -0.467 e. The number of hydrogen-bond acceptors (Lipinski definition) is 5. The van der Waals surface area contributed by atoms with Crippen molar-refractivity contribution in [1.82, 2.24) is 20.1 Å². The molecule has 2 aromatic carbocycles. The van der Waals surface area contributed by atoms with Crippen LogP contribution in [-0.4, -0.2) is 26.4 Å². The van der Waals surface area contributed by atoms with Crippen molar-refractivity contribution in [3.05, 3.63) is 90.1 Å². The summed E-state index contributed by atoms with van der Waals surface area (Å²) < 4.78 is 20.5. The lowest BCUT2D eigenvalue weighted by Crippen LogP contribution is -2.24. The third kappa shape index (κ3) is 4.96. The molecular formula is C22H19FN4O2S. The highest BCUT2D eigenvalue weighted by atomic mass is 32.2. The van der Waals surface area contributed by atoms with Gasteiger partial charge in [-0.3, -0.25) is 9.36 Å². The summed E-state index contributed by atoms with van der Waals surface area (Å²) in [7, 11) is 0. The number of nitrogens with one attached hydrogen (secondary N) is 1. The van der Waals surface area contributed by atoms with Gasteiger partial charge in [0.05, 0.1) is 25.1 Å². The van der Waals surface area contributed by atoms with E-state index in [4.69, 9.17) is 4.42 Å². The van der Waals surface area contributed by atoms with Crippen LogP contribution in [0.3, 0.4) is 0 Å². The van der Waals surface area contributed by atoms with Gasteiger partial charge in [0.2, 0.25) is 5.91 Å². The van der Waals surface area contributed by atoms with E-state index in [1.807, 2.05) is 34.9 Å². The van der Waals surface area contributed by atoms with Crippen LogP contribution in [0, 0.1) is 5.82 Å². The lowest BCUT2D eigenvalue weighted by molar-refractivity contribution is -0.118. The highest BCUT2D eigenvalue weighted by molar-refractivity contribution is 7.99. The van der Waals surface area contributed by atoms with Crippen LogP contribution in [-0.2, 0) is 17.9 Å². The molecule has 2 aromatic heterocycles. The Hall–Kier alpha value is -3.39. The van der Waals surface area contributed by atoms with Gasteiger partial charge in [-0.2, -0.15) is 0 Å². The molecule has 8 heteroatoms. The average Bonchev–Trinajstić information content (AvgIpc) is 3.42. The number of rotatable bonds is 8. The Bertz CT molecular complexity index is 1100. The summed E-state index contributed by atoms with van der Waals surface area (Å²) in [5.74, 6) is 1.07. The summed E-state index contributed by atoms with van der Waals surface area (Å²) in [5, 5.41) is 12.0. The van der Waals surface area contributed by atoms with Gasteiger partial charge in [0.1, 0.15) is 11.6 Å². The van der Waals surface area contributed by atoms with Crippen LogP contribution < -0.4 is 5.32 Å². The molecule has 4 aromatic rings. The molecule has 0 aliphatic carbocycles. The maximum Gasteiger partial charge on any atom is 0.230 e. The first kappa shape index (κ1) is 19.9. The Kier molecular flexibility index (Phi) is 6.24. The quantitative estimate of drug-likeness (QED) is 0.432. The van der Waals surface area contributed by atoms with Crippen LogP contribution in [0.5, 0.6) is 0 Å². The molecule has 0 aliphatic rings. The Morgan fingerprint density at radius 1 is 1.03 bits per heavy atom. The third-order valence-electron chi connectivity index (χ3n) is 4.38. The summed E-state index contributed by atoms with van der Waals surface area (Å²) in [6.45, 7) is 0.876. The predicted molar refractivity (Wildman–Crippen MR) is 112 cm³/mol. The largest absolute Gasteiger partial charge is 0.467 e. The van der Waals surface area contributed by atoms with Gasteiger partial charge >= 0.3 is 0 Å². The molecule has 0 fully saturated rings. The van der Waals surface area contributed by atoms with E-state index in [0.29, 0.717) is 29.8 Å². The molecule has 0 bridgehead atoms. The fourth-order valence-corrected chi connectivity index (χ4v) is 3.66. The molecule has 152 valence electrons. The number of furan rings is 1. The molecular weight excluding hydrogens is 403 g/mol. The lowest BCUT2D eigenvalue weighted by Gasteiger charge is -2.10. The second-order valence-corrected chi connectivity index (χ2v) is 7.47. The van der Waals surface area contributed by atoms with Crippen LogP contribution in [0.2, 0.25) is 0 Å². The first-order valence-corrected chi connectivity index (χ1v) is 10.3. The van der Waals surface area contributed by atoms with E-state index in [2.05, 4.69) is 15.5 Å². The van der Waals surface area contributed by atoms with E-state index >= 15 is 0 Å². The Morgan fingerprint density at radius 3 is 2.57 bits per heavy atom. The van der Waals surface area contributed by atoms with Gasteiger partial charge in [0, 0.05) is 5.56 Å². The monoisotopic (exact) mass is 422 g/mol. The number of halogens is 1. The lowest BCUT2D eigenvalue weighted by atomic mass is 10.2. The fraction of sp³-hybridized carbons (Fsp3) is 0.136. The summed E-state index contributed by atoms with van der Waals surface area (Å²) in [4.78, 5) is 12.2. The molecule has 0 spiro atoms. The van der Waals surface area contributed by atoms with E-state index in [-0.39, 0.29) is 17.5 Å². The Morgan fingerprint density at radius 2 is 1.83 bits per heavy atom. The highest BCUT2D eigenvalue weighted by Gasteiger charge is 2.16. The van der Waals surface area contributed by atoms with Crippen molar-refractivity contribution in [2.24, 2.45) is 0 Å². The highest BCUT2D eigenvalue weighted by Crippen LogP contribution is 2.25. The smallest absolute Gasteiger partial charge is 0.230 e. The molecule has 0 aliphatic heterocycles. The second kappa shape index (κ2) is 9.41. The summed E-state index contributed by atoms with van der Waals surface area (Å²) in [5.41, 5.74) is 1.83. The van der Waals surface area contributed by atoms with Gasteiger partial charge in [-0.1, -0.05) is 42.1 Å². The number of thioether (sulfide) groups is 1. The molecule has 0 saturated heterocycles. The van der Waals surface area contributed by atoms with E-state index in [9.17, 15) is 9.18 Å². The molecule has 1 amide bonds. The summed E-state index contributed by atoms with van der Waals surface area (Å²) >= 11 is 1.30. The van der Waals surface area contributed by atoms with Crippen molar-refractivity contribution in [3.8, 4) is 11.4 Å². The standard InChI is InChI=1S/C22H19FN4O2S/c23-18-10-8-17(9-11-18)21-25-26-22(27(21)14-16-5-2-1-3-6-16)30-15-20(28)24-13-19-7-4-12-29-19/h1-12H,13-15H2,(H,24,28). The van der Waals surface area contributed by atoms with E-state index in [1.165, 1.54) is 23.9 Å². The zero-order chi connectivity index (χ0) is 20.8. The molecule has 6 nitrogen and oxygen atoms in total. The van der Waals surface area contributed by atoms with Gasteiger partial charge < -0.3 is 9.73 Å². The topological polar surface area (TPSA) is 73.0 Å². The summed E-state index contributed by atoms with van der Waals surface area (Å²) in [6, 6.07) is 19.6. The van der Waals surface area contributed by atoms with Crippen molar-refractivity contribution < 1.29 is 13.6 Å². The normalized spacial score (nSPS) is 10.8. The zero-order valence-corrected chi connectivity index (χ0v) is 16.8. The molecule has 0 unspecified atom stereocenters. The number of aromatic nitrogens is 3. The minimum atomic E-state index is -0.310. The summed E-state index contributed by atoms with van der Waals surface area (Å²) in [6.07, 6.45) is 1.57. The third-order valence-corrected chi connectivity index (χ3v) is 5.34. The van der Waals surface area contributed by atoms with E-state index in [1.54, 1.807) is 30.5 Å². The number of benzene rings is 2. The molecule has 30 heavy (non-hydrogen) atoms. The van der Waals surface area contributed by atoms with Gasteiger partial charge in [-0.05, 0) is 42.0 Å². The van der Waals surface area contributed by atoms with Gasteiger partial charge in [-0.15, -0.1) is 10.2 Å². The number of nitrogens with zero attached hydrogens (tertiary/aromatic N) is 3. The zero-order valence-electron chi connectivity index (χ0n) is 16.0. The number of hydrogen-bond donors (Lipinski definition) is 1. The second-order valence-electron chi connectivity index (χ2n) is 6.53. The first-order valence-electron chi connectivity index (χ1n) is 9.34. The van der Waals surface area contributed by atoms with Gasteiger partial charge in [0.25, 0.3) is 0 Å². The Labute approximate surface area is 177 Å². The first-order chi connectivity index (χ1) is 14.7. The molecule has 0 saturated carbocycles. The van der Waals surface area contributed by atoms with Crippen LogP contribution in [0.1, 0.15) is 11.3 Å². The molecule has 0 atom stereocenters. The van der Waals surface area contributed by atoms with Crippen LogP contribution >= 0.6 is 11.8 Å². The van der Waals surface area contributed by atoms with Gasteiger partial charge in [-0.25, -0.2) is 4.39 Å². The number of carbonyl (C=O) groups is 1. The van der Waals surface area contributed by atoms with Crippen molar-refractivity contribution in [2.75, 3.05) is 5.75 Å². The predicted octanol–water partition coefficient (Wildman–Crippen LogP) is 4.13. The fourth-order valence-electron chi connectivity index (χ4n) is 2.90. The SMILES string of the molecule is O=C(CSc1nnc(-c2ccc(F)cc2)n1Cc1ccccc1)NCc1ccco1. The van der Waals surface area contributed by atoms with Crippen LogP contribution in [0.15, 0.2) is 82.6 Å². The number of amides is 1. The Balaban J connectivity index is 1.51. The average molecular weight is 422 g/mol. The molecule has 2 heterocycles. The van der Waals surface area contributed by atoms with Crippen molar-refractivity contribution in [3.63, 3.8) is 0 Å². The van der Waals surface area contributed by atoms with Crippen molar-refractivity contribution in [2.45, 2.75) is 18.2 Å². The van der Waals surface area contributed by atoms with E-state index in [0.717, 1.165) is 11.1 Å². The van der Waals surface area contributed by atoms with Crippen LogP contribution in [0.25, 0.3) is 11.4 Å². The molecule has 0 radical (unpaired) electrons. The molecule has 1 N–H and O–H groups in total. The van der Waals surface area contributed by atoms with Crippen LogP contribution in [0.4, 0.5) is 4.39 Å². The van der Waals surface area contributed by atoms with E-state index < -0.39 is 0 Å². The van der Waals surface area contributed by atoms with Gasteiger partial charge in [0.15, 0.2) is 11.0 Å². The van der Waals surface area contributed by atoms with Crippen molar-refractivity contribution in [1.29, 1.82) is 0 Å². The maximum atomic E-state index is 13.3.